The van der Waals surface area contributed by atoms with Gasteiger partial charge in [-0.25, -0.2) is 0 Å². The molecule has 0 saturated heterocycles. The number of hydrogen-bond acceptors (Lipinski definition) is 3. The fourth-order valence-electron chi connectivity index (χ4n) is 0.879. The van der Waals surface area contributed by atoms with Crippen LogP contribution in [0, 0.1) is 0 Å². The van der Waals surface area contributed by atoms with Crippen molar-refractivity contribution in [1.82, 2.24) is 4.90 Å². The molecule has 0 amide bonds. The zero-order chi connectivity index (χ0) is 9.56. The Labute approximate surface area is 80.8 Å². The van der Waals surface area contributed by atoms with E-state index >= 15 is 0 Å². The van der Waals surface area contributed by atoms with Gasteiger partial charge in [-0.2, -0.15) is 12.6 Å². The van der Waals surface area contributed by atoms with Gasteiger partial charge in [0.2, 0.25) is 0 Å². The highest BCUT2D eigenvalue weighted by Gasteiger charge is 1.99. The SMILES string of the molecule is CC/C(=C/C(C)=NC)N(C)CS. The fourth-order valence-corrected chi connectivity index (χ4v) is 1.06. The summed E-state index contributed by atoms with van der Waals surface area (Å²) in [5.74, 6) is 0.747. The molecule has 0 radical (unpaired) electrons. The number of nitrogens with zero attached hydrogens (tertiary/aromatic N) is 2. The maximum Gasteiger partial charge on any atom is 0.0603 e. The van der Waals surface area contributed by atoms with Crippen LogP contribution in [0.1, 0.15) is 20.3 Å². The van der Waals surface area contributed by atoms with Gasteiger partial charge in [0.25, 0.3) is 0 Å². The van der Waals surface area contributed by atoms with Crippen molar-refractivity contribution < 1.29 is 0 Å². The Kier molecular flexibility index (Phi) is 5.89. The fraction of sp³-hybridized carbons (Fsp3) is 0.667. The molecular formula is C9H18N2S. The highest BCUT2D eigenvalue weighted by molar-refractivity contribution is 7.80. The second-order valence-electron chi connectivity index (χ2n) is 2.69. The van der Waals surface area contributed by atoms with Crippen LogP contribution < -0.4 is 0 Å². The van der Waals surface area contributed by atoms with Gasteiger partial charge in [-0.1, -0.05) is 6.92 Å². The van der Waals surface area contributed by atoms with Gasteiger partial charge in [-0.3, -0.25) is 4.99 Å². The largest absolute Gasteiger partial charge is 0.369 e. The smallest absolute Gasteiger partial charge is 0.0603 e. The Bertz CT molecular complexity index is 185. The van der Waals surface area contributed by atoms with E-state index in [1.165, 1.54) is 5.70 Å². The predicted molar refractivity (Wildman–Crippen MR) is 59.0 cm³/mol. The maximum atomic E-state index is 4.21. The molecule has 0 aliphatic carbocycles. The lowest BCUT2D eigenvalue weighted by atomic mass is 10.2. The molecule has 0 atom stereocenters. The molecule has 0 spiro atoms. The number of aliphatic imine (C=N–C) groups is 1. The summed E-state index contributed by atoms with van der Waals surface area (Å²) in [5, 5.41) is 0. The number of hydrogen-bond donors (Lipinski definition) is 1. The standard InChI is InChI=1S/C9H18N2S/c1-5-9(11(4)7-12)6-8(2)10-3/h6,12H,5,7H2,1-4H3/b9-6-,10-8?. The van der Waals surface area contributed by atoms with E-state index < -0.39 is 0 Å². The first-order chi connectivity index (χ1) is 5.65. The molecular weight excluding hydrogens is 168 g/mol. The topological polar surface area (TPSA) is 15.6 Å². The molecule has 0 aliphatic heterocycles. The first-order valence-electron chi connectivity index (χ1n) is 4.11. The summed E-state index contributed by atoms with van der Waals surface area (Å²) in [6, 6.07) is 0. The monoisotopic (exact) mass is 186 g/mol. The number of thiol groups is 1. The Balaban J connectivity index is 4.42. The molecule has 0 unspecified atom stereocenters. The highest BCUT2D eigenvalue weighted by Crippen LogP contribution is 2.06. The van der Waals surface area contributed by atoms with Crippen molar-refractivity contribution in [2.24, 2.45) is 4.99 Å². The number of rotatable bonds is 4. The van der Waals surface area contributed by atoms with Crippen molar-refractivity contribution in [1.29, 1.82) is 0 Å². The van der Waals surface area contributed by atoms with Crippen LogP contribution in [0.15, 0.2) is 16.8 Å². The molecule has 0 saturated carbocycles. The van der Waals surface area contributed by atoms with Crippen LogP contribution in [0.4, 0.5) is 0 Å². The van der Waals surface area contributed by atoms with E-state index in [4.69, 9.17) is 0 Å². The van der Waals surface area contributed by atoms with E-state index in [0.717, 1.165) is 18.0 Å². The van der Waals surface area contributed by atoms with Gasteiger partial charge in [0.05, 0.1) is 5.88 Å². The lowest BCUT2D eigenvalue weighted by Crippen LogP contribution is -2.15. The average Bonchev–Trinajstić information content (AvgIpc) is 2.12. The minimum atomic E-state index is 0.747. The summed E-state index contributed by atoms with van der Waals surface area (Å²) >= 11 is 4.21. The van der Waals surface area contributed by atoms with E-state index in [1.807, 2.05) is 14.0 Å². The Hall–Kier alpha value is -0.440. The Morgan fingerprint density at radius 3 is 2.50 bits per heavy atom. The molecule has 0 N–H and O–H groups in total. The normalized spacial score (nSPS) is 13.4. The molecule has 2 nitrogen and oxygen atoms in total. The summed E-state index contributed by atoms with van der Waals surface area (Å²) in [6.07, 6.45) is 3.11. The van der Waals surface area contributed by atoms with Crippen LogP contribution in [0.2, 0.25) is 0 Å². The minimum absolute atomic E-state index is 0.747. The summed E-state index contributed by atoms with van der Waals surface area (Å²) in [4.78, 5) is 6.19. The summed E-state index contributed by atoms with van der Waals surface area (Å²) in [5.41, 5.74) is 2.33. The van der Waals surface area contributed by atoms with Crippen LogP contribution in [-0.4, -0.2) is 30.6 Å². The van der Waals surface area contributed by atoms with Gasteiger partial charge >= 0.3 is 0 Å². The van der Waals surface area contributed by atoms with E-state index in [9.17, 15) is 0 Å². The van der Waals surface area contributed by atoms with Gasteiger partial charge in [-0.15, -0.1) is 0 Å². The molecule has 0 aromatic rings. The molecule has 70 valence electrons. The van der Waals surface area contributed by atoms with Crippen molar-refractivity contribution in [2.75, 3.05) is 20.0 Å². The summed E-state index contributed by atoms with van der Waals surface area (Å²) in [6.45, 7) is 4.14. The van der Waals surface area contributed by atoms with Crippen molar-refractivity contribution in [3.8, 4) is 0 Å². The molecule has 0 bridgehead atoms. The lowest BCUT2D eigenvalue weighted by Gasteiger charge is -2.18. The lowest BCUT2D eigenvalue weighted by molar-refractivity contribution is 0.478. The molecule has 0 aliphatic rings. The van der Waals surface area contributed by atoms with Crippen molar-refractivity contribution in [3.63, 3.8) is 0 Å². The molecule has 0 aromatic carbocycles. The van der Waals surface area contributed by atoms with E-state index in [-0.39, 0.29) is 0 Å². The second kappa shape index (κ2) is 6.12. The van der Waals surface area contributed by atoms with Crippen LogP contribution in [0.5, 0.6) is 0 Å². The van der Waals surface area contributed by atoms with Gasteiger partial charge in [0, 0.05) is 25.5 Å². The molecule has 0 rings (SSSR count). The molecule has 3 heteroatoms. The van der Waals surface area contributed by atoms with Gasteiger partial charge in [0.1, 0.15) is 0 Å². The minimum Gasteiger partial charge on any atom is -0.369 e. The zero-order valence-electron chi connectivity index (χ0n) is 8.33. The summed E-state index contributed by atoms with van der Waals surface area (Å²) < 4.78 is 0. The molecule has 0 aromatic heterocycles. The number of allylic oxidation sites excluding steroid dienone is 2. The zero-order valence-corrected chi connectivity index (χ0v) is 9.23. The summed E-state index contributed by atoms with van der Waals surface area (Å²) in [7, 11) is 3.84. The molecule has 0 heterocycles. The van der Waals surface area contributed by atoms with Crippen molar-refractivity contribution >= 4 is 18.3 Å². The van der Waals surface area contributed by atoms with Gasteiger partial charge < -0.3 is 4.90 Å². The third-order valence-electron chi connectivity index (χ3n) is 1.79. The van der Waals surface area contributed by atoms with E-state index in [2.05, 4.69) is 35.5 Å². The third kappa shape index (κ3) is 3.81. The van der Waals surface area contributed by atoms with Crippen LogP contribution in [0.3, 0.4) is 0 Å². The van der Waals surface area contributed by atoms with E-state index in [1.54, 1.807) is 7.05 Å². The first kappa shape index (κ1) is 11.6. The van der Waals surface area contributed by atoms with Crippen molar-refractivity contribution in [3.05, 3.63) is 11.8 Å². The Morgan fingerprint density at radius 2 is 2.17 bits per heavy atom. The maximum absolute atomic E-state index is 4.21. The van der Waals surface area contributed by atoms with E-state index in [0.29, 0.717) is 0 Å². The van der Waals surface area contributed by atoms with Gasteiger partial charge in [-0.05, 0) is 19.4 Å². The molecule has 0 fully saturated rings. The van der Waals surface area contributed by atoms with Crippen LogP contribution >= 0.6 is 12.6 Å². The van der Waals surface area contributed by atoms with Gasteiger partial charge in [0.15, 0.2) is 0 Å². The predicted octanol–water partition coefficient (Wildman–Crippen LogP) is 2.19. The second-order valence-corrected chi connectivity index (χ2v) is 2.98. The Morgan fingerprint density at radius 1 is 1.58 bits per heavy atom. The first-order valence-corrected chi connectivity index (χ1v) is 4.74. The third-order valence-corrected chi connectivity index (χ3v) is 2.22. The average molecular weight is 186 g/mol. The van der Waals surface area contributed by atoms with Crippen molar-refractivity contribution in [2.45, 2.75) is 20.3 Å². The van der Waals surface area contributed by atoms with Crippen LogP contribution in [-0.2, 0) is 0 Å². The molecule has 12 heavy (non-hydrogen) atoms. The van der Waals surface area contributed by atoms with Crippen LogP contribution in [0.25, 0.3) is 0 Å². The quantitative estimate of drug-likeness (QED) is 0.404. The highest BCUT2D eigenvalue weighted by atomic mass is 32.1.